The molecule has 8 nitrogen and oxygen atoms in total. The molecule has 0 bridgehead atoms. The molecule has 0 aliphatic rings. The summed E-state index contributed by atoms with van der Waals surface area (Å²) in [6.45, 7) is 6.89. The summed E-state index contributed by atoms with van der Waals surface area (Å²) in [6.07, 6.45) is -0.326. The topological polar surface area (TPSA) is 105 Å². The maximum Gasteiger partial charge on any atom is 0.408 e. The van der Waals surface area contributed by atoms with Gasteiger partial charge in [0, 0.05) is 13.5 Å². The summed E-state index contributed by atoms with van der Waals surface area (Å²) in [5, 5.41) is 12.8. The normalized spacial score (nSPS) is 12.1. The van der Waals surface area contributed by atoms with Crippen molar-refractivity contribution >= 4 is 18.0 Å². The molecule has 2 amide bonds. The molecule has 1 aromatic carbocycles. The maximum absolute atomic E-state index is 11.8. The molecule has 0 aliphatic carbocycles. The Morgan fingerprint density at radius 1 is 1.19 bits per heavy atom. The summed E-state index contributed by atoms with van der Waals surface area (Å²) in [6, 6.07) is 8.28. The first kappa shape index (κ1) is 22.4. The molecule has 0 spiro atoms. The van der Waals surface area contributed by atoms with E-state index in [0.717, 1.165) is 5.56 Å². The van der Waals surface area contributed by atoms with Crippen LogP contribution in [0.5, 0.6) is 0 Å². The standard InChI is InChI=1S/C19H28N2O6/c1-14(22)21(26-13-15-9-6-5-7-10-15)12-8-11-16(17(23)24)20-18(25)27-19(2,3)4/h5-7,9-10,16H,8,11-13H2,1-4H3,(H,20,25)(H,23,24)/t16-/m1/s1. The molecular weight excluding hydrogens is 352 g/mol. The highest BCUT2D eigenvalue weighted by molar-refractivity contribution is 5.80. The summed E-state index contributed by atoms with van der Waals surface area (Å²) in [4.78, 5) is 40.3. The highest BCUT2D eigenvalue weighted by atomic mass is 16.7. The van der Waals surface area contributed by atoms with Crippen LogP contribution < -0.4 is 5.32 Å². The van der Waals surface area contributed by atoms with Gasteiger partial charge < -0.3 is 15.2 Å². The number of hydrogen-bond acceptors (Lipinski definition) is 5. The van der Waals surface area contributed by atoms with Crippen LogP contribution in [0.25, 0.3) is 0 Å². The average Bonchev–Trinajstić information content (AvgIpc) is 2.55. The average molecular weight is 380 g/mol. The number of ether oxygens (including phenoxy) is 1. The number of alkyl carbamates (subject to hydrolysis) is 1. The number of nitrogens with zero attached hydrogens (tertiary/aromatic N) is 1. The molecule has 0 heterocycles. The van der Waals surface area contributed by atoms with Gasteiger partial charge in [-0.1, -0.05) is 30.3 Å². The molecule has 0 radical (unpaired) electrons. The number of hydrogen-bond donors (Lipinski definition) is 2. The lowest BCUT2D eigenvalue weighted by atomic mass is 10.1. The quantitative estimate of drug-likeness (QED) is 0.638. The molecule has 1 rings (SSSR count). The zero-order valence-corrected chi connectivity index (χ0v) is 16.2. The van der Waals surface area contributed by atoms with E-state index in [1.165, 1.54) is 12.0 Å². The van der Waals surface area contributed by atoms with Crippen molar-refractivity contribution in [1.82, 2.24) is 10.4 Å². The van der Waals surface area contributed by atoms with Crippen molar-refractivity contribution in [2.24, 2.45) is 0 Å². The number of benzene rings is 1. The van der Waals surface area contributed by atoms with Gasteiger partial charge in [-0.2, -0.15) is 0 Å². The summed E-state index contributed by atoms with van der Waals surface area (Å²) < 4.78 is 5.07. The van der Waals surface area contributed by atoms with E-state index in [4.69, 9.17) is 9.57 Å². The number of carboxylic acids is 1. The van der Waals surface area contributed by atoms with Gasteiger partial charge in [0.2, 0.25) is 5.91 Å². The van der Waals surface area contributed by atoms with Crippen LogP contribution in [0.3, 0.4) is 0 Å². The number of rotatable bonds is 9. The maximum atomic E-state index is 11.8. The number of carbonyl (C=O) groups excluding carboxylic acids is 2. The molecule has 2 N–H and O–H groups in total. The van der Waals surface area contributed by atoms with Crippen molar-refractivity contribution in [2.45, 2.75) is 58.8 Å². The first-order chi connectivity index (χ1) is 12.6. The van der Waals surface area contributed by atoms with E-state index in [0.29, 0.717) is 6.42 Å². The van der Waals surface area contributed by atoms with Crippen molar-refractivity contribution in [3.63, 3.8) is 0 Å². The molecule has 0 aromatic heterocycles. The Morgan fingerprint density at radius 3 is 2.33 bits per heavy atom. The van der Waals surface area contributed by atoms with E-state index in [2.05, 4.69) is 5.32 Å². The molecule has 0 unspecified atom stereocenters. The highest BCUT2D eigenvalue weighted by Gasteiger charge is 2.24. The molecule has 8 heteroatoms. The second-order valence-electron chi connectivity index (χ2n) is 7.06. The Balaban J connectivity index is 2.49. The molecule has 1 aromatic rings. The lowest BCUT2D eigenvalue weighted by Gasteiger charge is -2.23. The van der Waals surface area contributed by atoms with Crippen molar-refractivity contribution in [2.75, 3.05) is 6.54 Å². The molecule has 0 aliphatic heterocycles. The van der Waals surface area contributed by atoms with Crippen LogP contribution in [0, 0.1) is 0 Å². The van der Waals surface area contributed by atoms with E-state index in [-0.39, 0.29) is 25.5 Å². The Bertz CT molecular complexity index is 627. The molecule has 1 atom stereocenters. The fourth-order valence-electron chi connectivity index (χ4n) is 2.19. The molecule has 0 fully saturated rings. The highest BCUT2D eigenvalue weighted by Crippen LogP contribution is 2.09. The van der Waals surface area contributed by atoms with E-state index in [1.807, 2.05) is 30.3 Å². The fraction of sp³-hybridized carbons (Fsp3) is 0.526. The van der Waals surface area contributed by atoms with E-state index in [9.17, 15) is 19.5 Å². The fourth-order valence-corrected chi connectivity index (χ4v) is 2.19. The lowest BCUT2D eigenvalue weighted by Crippen LogP contribution is -2.44. The van der Waals surface area contributed by atoms with Crippen LogP contribution in [0.4, 0.5) is 4.79 Å². The predicted molar refractivity (Wildman–Crippen MR) is 98.6 cm³/mol. The van der Waals surface area contributed by atoms with Crippen LogP contribution in [-0.2, 0) is 25.8 Å². The number of carboxylic acid groups (broad SMARTS) is 1. The summed E-state index contributed by atoms with van der Waals surface area (Å²) in [5.41, 5.74) is 0.197. The minimum Gasteiger partial charge on any atom is -0.480 e. The number of aliphatic carboxylic acids is 1. The van der Waals surface area contributed by atoms with Crippen molar-refractivity contribution < 1.29 is 29.1 Å². The molecule has 0 saturated carbocycles. The third-order valence-corrected chi connectivity index (χ3v) is 3.42. The molecule has 27 heavy (non-hydrogen) atoms. The van der Waals surface area contributed by atoms with Gasteiger partial charge in [-0.05, 0) is 39.2 Å². The molecular formula is C19H28N2O6. The van der Waals surface area contributed by atoms with Gasteiger partial charge in [-0.25, -0.2) is 14.7 Å². The van der Waals surface area contributed by atoms with Crippen molar-refractivity contribution in [3.05, 3.63) is 35.9 Å². The summed E-state index contributed by atoms with van der Waals surface area (Å²) in [5.74, 6) is -1.45. The second kappa shape index (κ2) is 10.5. The molecule has 0 saturated heterocycles. The SMILES string of the molecule is CC(=O)N(CCC[C@@H](NC(=O)OC(C)(C)C)C(=O)O)OCc1ccccc1. The number of nitrogens with one attached hydrogen (secondary N) is 1. The Morgan fingerprint density at radius 2 is 1.81 bits per heavy atom. The van der Waals surface area contributed by atoms with Gasteiger partial charge in [0.15, 0.2) is 0 Å². The lowest BCUT2D eigenvalue weighted by molar-refractivity contribution is -0.189. The Labute approximate surface area is 159 Å². The van der Waals surface area contributed by atoms with Crippen LogP contribution in [0.15, 0.2) is 30.3 Å². The third kappa shape index (κ3) is 9.60. The summed E-state index contributed by atoms with van der Waals surface area (Å²) >= 11 is 0. The molecule has 150 valence electrons. The van der Waals surface area contributed by atoms with E-state index < -0.39 is 23.7 Å². The van der Waals surface area contributed by atoms with E-state index >= 15 is 0 Å². The largest absolute Gasteiger partial charge is 0.480 e. The van der Waals surface area contributed by atoms with Gasteiger partial charge in [-0.3, -0.25) is 9.63 Å². The van der Waals surface area contributed by atoms with Crippen molar-refractivity contribution in [1.29, 1.82) is 0 Å². The van der Waals surface area contributed by atoms with Gasteiger partial charge in [0.1, 0.15) is 18.2 Å². The van der Waals surface area contributed by atoms with Crippen LogP contribution in [-0.4, -0.2) is 46.3 Å². The van der Waals surface area contributed by atoms with E-state index in [1.54, 1.807) is 20.8 Å². The van der Waals surface area contributed by atoms with Gasteiger partial charge in [-0.15, -0.1) is 0 Å². The number of hydroxylamine groups is 2. The van der Waals surface area contributed by atoms with Gasteiger partial charge >= 0.3 is 12.1 Å². The zero-order valence-electron chi connectivity index (χ0n) is 16.2. The summed E-state index contributed by atoms with van der Waals surface area (Å²) in [7, 11) is 0. The first-order valence-corrected chi connectivity index (χ1v) is 8.76. The Kier molecular flexibility index (Phi) is 8.74. The van der Waals surface area contributed by atoms with Crippen LogP contribution in [0.1, 0.15) is 46.1 Å². The predicted octanol–water partition coefficient (Wildman–Crippen LogP) is 2.72. The van der Waals surface area contributed by atoms with Crippen molar-refractivity contribution in [3.8, 4) is 0 Å². The first-order valence-electron chi connectivity index (χ1n) is 8.76. The Hall–Kier alpha value is -2.61. The van der Waals surface area contributed by atoms with Crippen LogP contribution in [0.2, 0.25) is 0 Å². The smallest absolute Gasteiger partial charge is 0.408 e. The number of amides is 2. The third-order valence-electron chi connectivity index (χ3n) is 3.42. The minimum atomic E-state index is -1.17. The van der Waals surface area contributed by atoms with Crippen LogP contribution >= 0.6 is 0 Å². The minimum absolute atomic E-state index is 0.132. The monoisotopic (exact) mass is 380 g/mol. The second-order valence-corrected chi connectivity index (χ2v) is 7.06. The van der Waals surface area contributed by atoms with Gasteiger partial charge in [0.05, 0.1) is 0 Å². The van der Waals surface area contributed by atoms with Gasteiger partial charge in [0.25, 0.3) is 0 Å². The zero-order chi connectivity index (χ0) is 20.4. The number of carbonyl (C=O) groups is 3.